The summed E-state index contributed by atoms with van der Waals surface area (Å²) < 4.78 is 7.17. The Kier molecular flexibility index (Phi) is 4.49. The molecule has 108 valence electrons. The number of aromatic nitrogens is 2. The van der Waals surface area contributed by atoms with E-state index in [1.54, 1.807) is 25.4 Å². The zero-order valence-electron chi connectivity index (χ0n) is 11.4. The van der Waals surface area contributed by atoms with Gasteiger partial charge < -0.3 is 10.5 Å². The van der Waals surface area contributed by atoms with E-state index < -0.39 is 0 Å². The van der Waals surface area contributed by atoms with Gasteiger partial charge in [0.2, 0.25) is 0 Å². The standard InChI is InChI=1S/C13H18ClN5O/c1-3-19-13(11(20-2)7-17-19)12(18-16)9-5-4-8(14)6-10(9)15/h4-7,12,18H,3,15-16H2,1-2H3. The van der Waals surface area contributed by atoms with Crippen LogP contribution in [0.2, 0.25) is 5.02 Å². The molecular formula is C13H18ClN5O. The van der Waals surface area contributed by atoms with E-state index in [1.165, 1.54) is 0 Å². The number of anilines is 1. The maximum absolute atomic E-state index is 6.04. The number of nitrogens with zero attached hydrogens (tertiary/aromatic N) is 2. The Morgan fingerprint density at radius 2 is 2.25 bits per heavy atom. The fraction of sp³-hybridized carbons (Fsp3) is 0.308. The molecule has 5 N–H and O–H groups in total. The Labute approximate surface area is 122 Å². The van der Waals surface area contributed by atoms with Crippen LogP contribution in [-0.4, -0.2) is 16.9 Å². The minimum atomic E-state index is -0.329. The second-order valence-electron chi connectivity index (χ2n) is 4.29. The molecule has 1 atom stereocenters. The topological polar surface area (TPSA) is 91.1 Å². The minimum Gasteiger partial charge on any atom is -0.493 e. The zero-order valence-corrected chi connectivity index (χ0v) is 12.2. The summed E-state index contributed by atoms with van der Waals surface area (Å²) in [6, 6.07) is 4.98. The van der Waals surface area contributed by atoms with Crippen molar-refractivity contribution in [2.75, 3.05) is 12.8 Å². The Balaban J connectivity index is 2.54. The van der Waals surface area contributed by atoms with Gasteiger partial charge in [-0.2, -0.15) is 5.10 Å². The molecule has 0 radical (unpaired) electrons. The van der Waals surface area contributed by atoms with E-state index in [0.717, 1.165) is 11.3 Å². The number of hydrogen-bond acceptors (Lipinski definition) is 5. The van der Waals surface area contributed by atoms with Gasteiger partial charge in [-0.1, -0.05) is 17.7 Å². The monoisotopic (exact) mass is 295 g/mol. The van der Waals surface area contributed by atoms with Crippen molar-refractivity contribution in [2.24, 2.45) is 5.84 Å². The van der Waals surface area contributed by atoms with Gasteiger partial charge in [-0.05, 0) is 24.6 Å². The fourth-order valence-corrected chi connectivity index (χ4v) is 2.38. The van der Waals surface area contributed by atoms with Crippen LogP contribution in [0.5, 0.6) is 5.75 Å². The van der Waals surface area contributed by atoms with E-state index in [2.05, 4.69) is 10.5 Å². The molecule has 0 aliphatic heterocycles. The Morgan fingerprint density at radius 1 is 1.50 bits per heavy atom. The first-order chi connectivity index (χ1) is 9.62. The number of rotatable bonds is 5. The van der Waals surface area contributed by atoms with Gasteiger partial charge in [-0.15, -0.1) is 0 Å². The molecule has 0 saturated carbocycles. The van der Waals surface area contributed by atoms with E-state index >= 15 is 0 Å². The number of nitrogen functional groups attached to an aromatic ring is 1. The van der Waals surface area contributed by atoms with Crippen molar-refractivity contribution in [2.45, 2.75) is 19.5 Å². The van der Waals surface area contributed by atoms with Crippen molar-refractivity contribution in [1.82, 2.24) is 15.2 Å². The zero-order chi connectivity index (χ0) is 14.7. The number of nitrogens with two attached hydrogens (primary N) is 2. The average Bonchev–Trinajstić information content (AvgIpc) is 2.85. The third-order valence-corrected chi connectivity index (χ3v) is 3.40. The SMILES string of the molecule is CCn1ncc(OC)c1C(NN)c1ccc(Cl)cc1N. The number of hydrogen-bond donors (Lipinski definition) is 3. The Bertz CT molecular complexity index is 577. The summed E-state index contributed by atoms with van der Waals surface area (Å²) in [7, 11) is 1.60. The van der Waals surface area contributed by atoms with Crippen molar-refractivity contribution in [3.05, 3.63) is 40.7 Å². The van der Waals surface area contributed by atoms with Crippen molar-refractivity contribution in [3.8, 4) is 5.75 Å². The van der Waals surface area contributed by atoms with Crippen LogP contribution in [-0.2, 0) is 6.54 Å². The first-order valence-electron chi connectivity index (χ1n) is 6.23. The smallest absolute Gasteiger partial charge is 0.161 e. The van der Waals surface area contributed by atoms with Gasteiger partial charge in [-0.25, -0.2) is 5.43 Å². The quantitative estimate of drug-likeness (QED) is 0.444. The molecule has 0 saturated heterocycles. The molecule has 0 spiro atoms. The predicted octanol–water partition coefficient (Wildman–Crippen LogP) is 1.70. The first kappa shape index (κ1) is 14.6. The van der Waals surface area contributed by atoms with Crippen LogP contribution >= 0.6 is 11.6 Å². The van der Waals surface area contributed by atoms with Gasteiger partial charge in [-0.3, -0.25) is 10.5 Å². The van der Waals surface area contributed by atoms with E-state index in [1.807, 2.05) is 17.7 Å². The fourth-order valence-electron chi connectivity index (χ4n) is 2.20. The van der Waals surface area contributed by atoms with Gasteiger partial charge >= 0.3 is 0 Å². The average molecular weight is 296 g/mol. The molecule has 1 heterocycles. The molecule has 2 rings (SSSR count). The third-order valence-electron chi connectivity index (χ3n) is 3.16. The highest BCUT2D eigenvalue weighted by Gasteiger charge is 2.24. The lowest BCUT2D eigenvalue weighted by atomic mass is 10.0. The summed E-state index contributed by atoms with van der Waals surface area (Å²) in [5.41, 5.74) is 11.0. The molecule has 0 aliphatic rings. The highest BCUT2D eigenvalue weighted by molar-refractivity contribution is 6.30. The summed E-state index contributed by atoms with van der Waals surface area (Å²) in [4.78, 5) is 0. The molecule has 20 heavy (non-hydrogen) atoms. The van der Waals surface area contributed by atoms with Crippen molar-refractivity contribution >= 4 is 17.3 Å². The lowest BCUT2D eigenvalue weighted by Crippen LogP contribution is -2.31. The summed E-state index contributed by atoms with van der Waals surface area (Å²) >= 11 is 5.93. The number of nitrogens with one attached hydrogen (secondary N) is 1. The third kappa shape index (κ3) is 2.58. The minimum absolute atomic E-state index is 0.329. The second-order valence-corrected chi connectivity index (χ2v) is 4.72. The molecule has 0 amide bonds. The first-order valence-corrected chi connectivity index (χ1v) is 6.60. The molecular weight excluding hydrogens is 278 g/mol. The maximum atomic E-state index is 6.04. The summed E-state index contributed by atoms with van der Waals surface area (Å²) in [6.07, 6.45) is 1.66. The molecule has 7 heteroatoms. The van der Waals surface area contributed by atoms with Gasteiger partial charge in [0.15, 0.2) is 5.75 Å². The molecule has 0 fully saturated rings. The van der Waals surface area contributed by atoms with Crippen LogP contribution < -0.4 is 21.7 Å². The predicted molar refractivity (Wildman–Crippen MR) is 79.5 cm³/mol. The second kappa shape index (κ2) is 6.13. The van der Waals surface area contributed by atoms with Crippen molar-refractivity contribution < 1.29 is 4.74 Å². The van der Waals surface area contributed by atoms with Crippen LogP contribution in [0.25, 0.3) is 0 Å². The van der Waals surface area contributed by atoms with Crippen LogP contribution in [0, 0.1) is 0 Å². The molecule has 1 aromatic carbocycles. The van der Waals surface area contributed by atoms with Crippen LogP contribution in [0.3, 0.4) is 0 Å². The lowest BCUT2D eigenvalue weighted by Gasteiger charge is -2.20. The summed E-state index contributed by atoms with van der Waals surface area (Å²) in [5.74, 6) is 6.37. The van der Waals surface area contributed by atoms with Crippen molar-refractivity contribution in [1.29, 1.82) is 0 Å². The largest absolute Gasteiger partial charge is 0.493 e. The summed E-state index contributed by atoms with van der Waals surface area (Å²) in [6.45, 7) is 2.69. The summed E-state index contributed by atoms with van der Waals surface area (Å²) in [5, 5.41) is 4.86. The van der Waals surface area contributed by atoms with E-state index in [0.29, 0.717) is 23.0 Å². The molecule has 0 bridgehead atoms. The number of benzene rings is 1. The normalized spacial score (nSPS) is 12.4. The number of halogens is 1. The lowest BCUT2D eigenvalue weighted by molar-refractivity contribution is 0.399. The highest BCUT2D eigenvalue weighted by Crippen LogP contribution is 2.33. The van der Waals surface area contributed by atoms with E-state index in [4.69, 9.17) is 27.9 Å². The molecule has 2 aromatic rings. The van der Waals surface area contributed by atoms with E-state index in [-0.39, 0.29) is 6.04 Å². The van der Waals surface area contributed by atoms with Gasteiger partial charge in [0, 0.05) is 17.3 Å². The highest BCUT2D eigenvalue weighted by atomic mass is 35.5. The Hall–Kier alpha value is -1.76. The van der Waals surface area contributed by atoms with Crippen molar-refractivity contribution in [3.63, 3.8) is 0 Å². The number of methoxy groups -OCH3 is 1. The van der Waals surface area contributed by atoms with Crippen LogP contribution in [0.1, 0.15) is 24.2 Å². The molecule has 6 nitrogen and oxygen atoms in total. The van der Waals surface area contributed by atoms with Crippen LogP contribution in [0.15, 0.2) is 24.4 Å². The number of ether oxygens (including phenoxy) is 1. The van der Waals surface area contributed by atoms with Gasteiger partial charge in [0.1, 0.15) is 5.69 Å². The maximum Gasteiger partial charge on any atom is 0.161 e. The van der Waals surface area contributed by atoms with Crippen LogP contribution in [0.4, 0.5) is 5.69 Å². The Morgan fingerprint density at radius 3 is 2.80 bits per heavy atom. The van der Waals surface area contributed by atoms with Gasteiger partial charge in [0.25, 0.3) is 0 Å². The van der Waals surface area contributed by atoms with E-state index in [9.17, 15) is 0 Å². The van der Waals surface area contributed by atoms with Gasteiger partial charge in [0.05, 0.1) is 19.3 Å². The molecule has 0 aliphatic carbocycles. The number of hydrazine groups is 1. The molecule has 1 unspecified atom stereocenters. The molecule has 1 aromatic heterocycles. The number of aryl methyl sites for hydroxylation is 1.